The lowest BCUT2D eigenvalue weighted by molar-refractivity contribution is -0.386. The minimum atomic E-state index is -0.912. The standard InChI is InChI=1S/C11H12FN3O4/c12-7-2-1-3-8(10(7)15(17)18)14-4-5-19-9(6-14)11(13)16/h1-3,9H,4-6H2,(H2,13,16)/t9-/m1/s1. The van der Waals surface area contributed by atoms with E-state index >= 15 is 0 Å². The van der Waals surface area contributed by atoms with Crippen LogP contribution < -0.4 is 10.6 Å². The number of benzene rings is 1. The van der Waals surface area contributed by atoms with Crippen LogP contribution in [-0.4, -0.2) is 36.6 Å². The summed E-state index contributed by atoms with van der Waals surface area (Å²) in [7, 11) is 0. The minimum absolute atomic E-state index is 0.0691. The van der Waals surface area contributed by atoms with Gasteiger partial charge in [0.25, 0.3) is 0 Å². The number of nitro groups is 1. The molecule has 1 aromatic rings. The van der Waals surface area contributed by atoms with Crippen LogP contribution >= 0.6 is 0 Å². The fourth-order valence-corrected chi connectivity index (χ4v) is 1.98. The van der Waals surface area contributed by atoms with E-state index in [0.29, 0.717) is 6.54 Å². The van der Waals surface area contributed by atoms with Crippen molar-refractivity contribution in [3.63, 3.8) is 0 Å². The van der Waals surface area contributed by atoms with Gasteiger partial charge in [0.1, 0.15) is 5.69 Å². The van der Waals surface area contributed by atoms with Crippen LogP contribution in [0, 0.1) is 15.9 Å². The first-order valence-electron chi connectivity index (χ1n) is 5.59. The van der Waals surface area contributed by atoms with Crippen molar-refractivity contribution in [2.45, 2.75) is 6.10 Å². The first kappa shape index (κ1) is 13.2. The molecule has 8 heteroatoms. The molecular formula is C11H12FN3O4. The van der Waals surface area contributed by atoms with Crippen LogP contribution in [0.5, 0.6) is 0 Å². The number of primary amides is 1. The first-order chi connectivity index (χ1) is 9.00. The minimum Gasteiger partial charge on any atom is -0.367 e. The maximum atomic E-state index is 13.5. The number of carbonyl (C=O) groups is 1. The zero-order valence-electron chi connectivity index (χ0n) is 9.91. The summed E-state index contributed by atoms with van der Waals surface area (Å²) in [5.74, 6) is -1.56. The van der Waals surface area contributed by atoms with Gasteiger partial charge < -0.3 is 15.4 Å². The van der Waals surface area contributed by atoms with Crippen LogP contribution in [0.1, 0.15) is 0 Å². The van der Waals surface area contributed by atoms with Crippen molar-refractivity contribution in [1.29, 1.82) is 0 Å². The number of hydrogen-bond acceptors (Lipinski definition) is 5. The molecule has 0 radical (unpaired) electrons. The summed E-state index contributed by atoms with van der Waals surface area (Å²) in [6, 6.07) is 3.84. The topological polar surface area (TPSA) is 98.7 Å². The lowest BCUT2D eigenvalue weighted by Crippen LogP contribution is -2.48. The van der Waals surface area contributed by atoms with Gasteiger partial charge in [0.15, 0.2) is 6.10 Å². The summed E-state index contributed by atoms with van der Waals surface area (Å²) in [5.41, 5.74) is 4.66. The van der Waals surface area contributed by atoms with Gasteiger partial charge in [-0.2, -0.15) is 4.39 Å². The van der Waals surface area contributed by atoms with Gasteiger partial charge in [-0.3, -0.25) is 14.9 Å². The number of ether oxygens (including phenoxy) is 1. The number of hydrogen-bond donors (Lipinski definition) is 1. The number of carbonyl (C=O) groups excluding carboxylic acids is 1. The van der Waals surface area contributed by atoms with Gasteiger partial charge in [-0.1, -0.05) is 6.07 Å². The Kier molecular flexibility index (Phi) is 3.61. The molecule has 0 spiro atoms. The van der Waals surface area contributed by atoms with Crippen LogP contribution in [0.25, 0.3) is 0 Å². The number of nitro benzene ring substituents is 1. The van der Waals surface area contributed by atoms with Crippen molar-refractivity contribution in [3.8, 4) is 0 Å². The van der Waals surface area contributed by atoms with Gasteiger partial charge >= 0.3 is 5.69 Å². The van der Waals surface area contributed by atoms with Crippen molar-refractivity contribution in [2.75, 3.05) is 24.6 Å². The van der Waals surface area contributed by atoms with E-state index < -0.39 is 28.4 Å². The number of morpholine rings is 1. The molecule has 1 saturated heterocycles. The monoisotopic (exact) mass is 269 g/mol. The van der Waals surface area contributed by atoms with Crippen LogP contribution in [-0.2, 0) is 9.53 Å². The predicted octanol–water partition coefficient (Wildman–Crippen LogP) is 0.424. The van der Waals surface area contributed by atoms with Crippen molar-refractivity contribution < 1.29 is 18.8 Å². The SMILES string of the molecule is NC(=O)[C@H]1CN(c2cccc(F)c2[N+](=O)[O-])CCO1. The second-order valence-electron chi connectivity index (χ2n) is 4.07. The Labute approximate surface area is 107 Å². The highest BCUT2D eigenvalue weighted by atomic mass is 19.1. The lowest BCUT2D eigenvalue weighted by Gasteiger charge is -2.32. The molecular weight excluding hydrogens is 257 g/mol. The predicted molar refractivity (Wildman–Crippen MR) is 64.2 cm³/mol. The lowest BCUT2D eigenvalue weighted by atomic mass is 10.2. The molecule has 0 aromatic heterocycles. The molecule has 0 unspecified atom stereocenters. The third-order valence-corrected chi connectivity index (χ3v) is 2.87. The summed E-state index contributed by atoms with van der Waals surface area (Å²) in [6.07, 6.45) is -0.850. The number of rotatable bonds is 3. The maximum Gasteiger partial charge on any atom is 0.327 e. The summed E-state index contributed by atoms with van der Waals surface area (Å²) in [4.78, 5) is 22.7. The Balaban J connectivity index is 2.34. The fraction of sp³-hybridized carbons (Fsp3) is 0.364. The normalized spacial score (nSPS) is 19.2. The van der Waals surface area contributed by atoms with E-state index in [1.54, 1.807) is 0 Å². The number of nitrogens with two attached hydrogens (primary N) is 1. The first-order valence-corrected chi connectivity index (χ1v) is 5.59. The summed E-state index contributed by atoms with van der Waals surface area (Å²) >= 11 is 0. The molecule has 19 heavy (non-hydrogen) atoms. The van der Waals surface area contributed by atoms with E-state index in [0.717, 1.165) is 6.07 Å². The van der Waals surface area contributed by atoms with E-state index in [-0.39, 0.29) is 18.8 Å². The van der Waals surface area contributed by atoms with Crippen LogP contribution in [0.15, 0.2) is 18.2 Å². The molecule has 1 atom stereocenters. The van der Waals surface area contributed by atoms with E-state index in [2.05, 4.69) is 0 Å². The molecule has 0 aliphatic carbocycles. The van der Waals surface area contributed by atoms with E-state index in [1.165, 1.54) is 17.0 Å². The Morgan fingerprint density at radius 3 is 2.95 bits per heavy atom. The number of halogens is 1. The molecule has 2 rings (SSSR count). The summed E-state index contributed by atoms with van der Waals surface area (Å²) in [5, 5.41) is 10.9. The maximum absolute atomic E-state index is 13.5. The third-order valence-electron chi connectivity index (χ3n) is 2.87. The van der Waals surface area contributed by atoms with Gasteiger partial charge in [0.05, 0.1) is 18.1 Å². The quantitative estimate of drug-likeness (QED) is 0.633. The molecule has 1 heterocycles. The van der Waals surface area contributed by atoms with Crippen molar-refractivity contribution in [2.24, 2.45) is 5.73 Å². The fourth-order valence-electron chi connectivity index (χ4n) is 1.98. The van der Waals surface area contributed by atoms with Gasteiger partial charge in [-0.05, 0) is 12.1 Å². The second kappa shape index (κ2) is 5.19. The molecule has 1 aliphatic rings. The Hall–Kier alpha value is -2.22. The Bertz CT molecular complexity index is 523. The molecule has 1 aliphatic heterocycles. The zero-order valence-corrected chi connectivity index (χ0v) is 9.91. The van der Waals surface area contributed by atoms with Gasteiger partial charge in [-0.25, -0.2) is 0 Å². The van der Waals surface area contributed by atoms with Gasteiger partial charge in [0, 0.05) is 6.54 Å². The number of nitrogens with zero attached hydrogens (tertiary/aromatic N) is 2. The molecule has 7 nitrogen and oxygen atoms in total. The van der Waals surface area contributed by atoms with Gasteiger partial charge in [0.2, 0.25) is 11.7 Å². The molecule has 0 saturated carbocycles. The van der Waals surface area contributed by atoms with Crippen molar-refractivity contribution in [1.82, 2.24) is 0 Å². The van der Waals surface area contributed by atoms with Crippen LogP contribution in [0.2, 0.25) is 0 Å². The molecule has 1 aromatic carbocycles. The van der Waals surface area contributed by atoms with Crippen molar-refractivity contribution >= 4 is 17.3 Å². The third kappa shape index (κ3) is 2.63. The zero-order chi connectivity index (χ0) is 14.0. The van der Waals surface area contributed by atoms with E-state index in [9.17, 15) is 19.3 Å². The van der Waals surface area contributed by atoms with E-state index in [1.807, 2.05) is 0 Å². The average molecular weight is 269 g/mol. The number of para-hydroxylation sites is 1. The smallest absolute Gasteiger partial charge is 0.327 e. The largest absolute Gasteiger partial charge is 0.367 e. The summed E-state index contributed by atoms with van der Waals surface area (Å²) in [6.45, 7) is 0.592. The molecule has 1 fully saturated rings. The highest BCUT2D eigenvalue weighted by Gasteiger charge is 2.30. The van der Waals surface area contributed by atoms with Crippen LogP contribution in [0.4, 0.5) is 15.8 Å². The Morgan fingerprint density at radius 2 is 2.32 bits per heavy atom. The summed E-state index contributed by atoms with van der Waals surface area (Å²) < 4.78 is 18.7. The molecule has 102 valence electrons. The van der Waals surface area contributed by atoms with E-state index in [4.69, 9.17) is 10.5 Å². The Morgan fingerprint density at radius 1 is 1.58 bits per heavy atom. The van der Waals surface area contributed by atoms with Crippen LogP contribution in [0.3, 0.4) is 0 Å². The highest BCUT2D eigenvalue weighted by Crippen LogP contribution is 2.31. The van der Waals surface area contributed by atoms with Gasteiger partial charge in [-0.15, -0.1) is 0 Å². The second-order valence-corrected chi connectivity index (χ2v) is 4.07. The van der Waals surface area contributed by atoms with Crippen molar-refractivity contribution in [3.05, 3.63) is 34.1 Å². The highest BCUT2D eigenvalue weighted by molar-refractivity contribution is 5.80. The molecule has 1 amide bonds. The molecule has 2 N–H and O–H groups in total. The number of amides is 1. The molecule has 0 bridgehead atoms. The number of anilines is 1. The average Bonchev–Trinajstić information content (AvgIpc) is 2.38.